The summed E-state index contributed by atoms with van der Waals surface area (Å²) in [5.74, 6) is 2.38. The van der Waals surface area contributed by atoms with Crippen LogP contribution in [-0.2, 0) is 0 Å². The summed E-state index contributed by atoms with van der Waals surface area (Å²) in [6.45, 7) is 6.80. The fourth-order valence-corrected chi connectivity index (χ4v) is 4.47. The molecule has 34 heavy (non-hydrogen) atoms. The highest BCUT2D eigenvalue weighted by atomic mass is 16.5. The fourth-order valence-electron chi connectivity index (χ4n) is 4.47. The molecule has 2 aliphatic rings. The summed E-state index contributed by atoms with van der Waals surface area (Å²) >= 11 is 0. The van der Waals surface area contributed by atoms with Crippen LogP contribution in [0.3, 0.4) is 0 Å². The first-order valence-corrected chi connectivity index (χ1v) is 11.5. The Morgan fingerprint density at radius 1 is 0.941 bits per heavy atom. The lowest BCUT2D eigenvalue weighted by atomic mass is 10.1. The van der Waals surface area contributed by atoms with E-state index in [1.807, 2.05) is 36.1 Å². The highest BCUT2D eigenvalue weighted by Gasteiger charge is 2.26. The molecular weight excluding hydrogens is 424 g/mol. The van der Waals surface area contributed by atoms with Crippen molar-refractivity contribution >= 4 is 17.4 Å². The van der Waals surface area contributed by atoms with E-state index in [1.54, 1.807) is 24.3 Å². The van der Waals surface area contributed by atoms with E-state index < -0.39 is 0 Å². The lowest BCUT2D eigenvalue weighted by molar-refractivity contribution is 0.0764. The van der Waals surface area contributed by atoms with Gasteiger partial charge >= 0.3 is 0 Å². The van der Waals surface area contributed by atoms with Crippen molar-refractivity contribution in [2.75, 3.05) is 26.2 Å². The predicted octanol–water partition coefficient (Wildman–Crippen LogP) is 5.21. The van der Waals surface area contributed by atoms with Gasteiger partial charge in [-0.2, -0.15) is 5.26 Å². The second kappa shape index (κ2) is 9.03. The Morgan fingerprint density at radius 3 is 2.62 bits per heavy atom. The van der Waals surface area contributed by atoms with Gasteiger partial charge in [-0.1, -0.05) is 23.8 Å². The Morgan fingerprint density at radius 2 is 1.76 bits per heavy atom. The molecule has 1 amide bonds. The SMILES string of the molecule is Cc1ccc2c(c1)Oc1ccc(C)cc1C(N1CCCN(C(=O)c3cccc(C#N)c3)CC1)=N2. The topological polar surface area (TPSA) is 68.9 Å². The average molecular weight is 451 g/mol. The van der Waals surface area contributed by atoms with E-state index in [-0.39, 0.29) is 5.91 Å². The highest BCUT2D eigenvalue weighted by Crippen LogP contribution is 2.39. The van der Waals surface area contributed by atoms with E-state index in [4.69, 9.17) is 9.73 Å². The number of rotatable bonds is 1. The van der Waals surface area contributed by atoms with E-state index in [0.29, 0.717) is 30.8 Å². The zero-order valence-corrected chi connectivity index (χ0v) is 19.4. The number of aryl methyl sites for hydroxylation is 2. The summed E-state index contributed by atoms with van der Waals surface area (Å²) in [4.78, 5) is 22.3. The molecule has 0 radical (unpaired) electrons. The standard InChI is InChI=1S/C28H26N4O2/c1-19-8-10-25-23(15-19)27(30-24-9-7-20(2)16-26(24)34-25)31-11-4-12-32(14-13-31)28(33)22-6-3-5-21(17-22)18-29/h3,5-10,15-17H,4,11-14H2,1-2H3. The lowest BCUT2D eigenvalue weighted by Gasteiger charge is -2.25. The Labute approximate surface area is 199 Å². The third-order valence-corrected chi connectivity index (χ3v) is 6.26. The number of hydrogen-bond donors (Lipinski definition) is 0. The minimum atomic E-state index is -0.0397. The maximum Gasteiger partial charge on any atom is 0.253 e. The Hall–Kier alpha value is -4.11. The van der Waals surface area contributed by atoms with Gasteiger partial charge in [0.1, 0.15) is 17.3 Å². The van der Waals surface area contributed by atoms with Crippen LogP contribution in [0.15, 0.2) is 65.7 Å². The first-order chi connectivity index (χ1) is 16.5. The van der Waals surface area contributed by atoms with Gasteiger partial charge in [-0.3, -0.25) is 4.79 Å². The van der Waals surface area contributed by atoms with E-state index in [1.165, 1.54) is 0 Å². The number of amidine groups is 1. The molecule has 0 aromatic heterocycles. The number of carbonyl (C=O) groups excluding carboxylic acids is 1. The average Bonchev–Trinajstić information content (AvgIpc) is 3.18. The molecule has 1 saturated heterocycles. The van der Waals surface area contributed by atoms with E-state index in [0.717, 1.165) is 52.7 Å². The molecule has 3 aromatic carbocycles. The highest BCUT2D eigenvalue weighted by molar-refractivity contribution is 6.04. The van der Waals surface area contributed by atoms with Gasteiger partial charge in [0, 0.05) is 31.7 Å². The molecule has 0 atom stereocenters. The van der Waals surface area contributed by atoms with Gasteiger partial charge in [0.2, 0.25) is 0 Å². The second-order valence-electron chi connectivity index (χ2n) is 8.83. The normalized spacial score (nSPS) is 15.1. The third kappa shape index (κ3) is 4.25. The van der Waals surface area contributed by atoms with Crippen LogP contribution in [0.1, 0.15) is 39.0 Å². The molecule has 6 heteroatoms. The minimum absolute atomic E-state index is 0.0397. The van der Waals surface area contributed by atoms with Gasteiger partial charge in [0.15, 0.2) is 5.75 Å². The van der Waals surface area contributed by atoms with Gasteiger partial charge in [-0.15, -0.1) is 0 Å². The zero-order valence-electron chi connectivity index (χ0n) is 19.4. The van der Waals surface area contributed by atoms with Crippen LogP contribution in [0.5, 0.6) is 11.5 Å². The van der Waals surface area contributed by atoms with Gasteiger partial charge in [-0.05, 0) is 68.3 Å². The monoisotopic (exact) mass is 450 g/mol. The first kappa shape index (κ1) is 21.7. The van der Waals surface area contributed by atoms with Crippen molar-refractivity contribution in [3.8, 4) is 17.6 Å². The van der Waals surface area contributed by atoms with Crippen molar-refractivity contribution in [2.45, 2.75) is 20.3 Å². The zero-order chi connectivity index (χ0) is 23.7. The van der Waals surface area contributed by atoms with Crippen LogP contribution in [0.25, 0.3) is 0 Å². The molecule has 1 fully saturated rings. The molecule has 0 saturated carbocycles. The molecule has 2 heterocycles. The van der Waals surface area contributed by atoms with Crippen molar-refractivity contribution in [3.05, 3.63) is 88.5 Å². The Bertz CT molecular complexity index is 1340. The van der Waals surface area contributed by atoms with Crippen molar-refractivity contribution in [3.63, 3.8) is 0 Å². The second-order valence-corrected chi connectivity index (χ2v) is 8.83. The summed E-state index contributed by atoms with van der Waals surface area (Å²) < 4.78 is 6.30. The Balaban J connectivity index is 1.45. The molecule has 0 bridgehead atoms. The number of fused-ring (bicyclic) bond motifs is 2. The summed E-state index contributed by atoms with van der Waals surface area (Å²) in [6.07, 6.45) is 0.825. The third-order valence-electron chi connectivity index (χ3n) is 6.26. The van der Waals surface area contributed by atoms with Gasteiger partial charge in [-0.25, -0.2) is 4.99 Å². The number of benzene rings is 3. The summed E-state index contributed by atoms with van der Waals surface area (Å²) in [7, 11) is 0. The van der Waals surface area contributed by atoms with Crippen molar-refractivity contribution < 1.29 is 9.53 Å². The molecule has 2 aliphatic heterocycles. The molecule has 0 unspecified atom stereocenters. The summed E-state index contributed by atoms with van der Waals surface area (Å²) in [6, 6.07) is 21.3. The van der Waals surface area contributed by atoms with E-state index in [9.17, 15) is 10.1 Å². The van der Waals surface area contributed by atoms with Crippen molar-refractivity contribution in [1.29, 1.82) is 5.26 Å². The first-order valence-electron chi connectivity index (χ1n) is 11.5. The van der Waals surface area contributed by atoms with Crippen LogP contribution in [0.2, 0.25) is 0 Å². The largest absolute Gasteiger partial charge is 0.454 e. The quantitative estimate of drug-likeness (QED) is 0.511. The van der Waals surface area contributed by atoms with E-state index in [2.05, 4.69) is 30.0 Å². The molecule has 6 nitrogen and oxygen atoms in total. The molecular formula is C28H26N4O2. The molecule has 170 valence electrons. The van der Waals surface area contributed by atoms with Gasteiger partial charge in [0.05, 0.1) is 17.2 Å². The molecule has 3 aromatic rings. The number of ether oxygens (including phenoxy) is 1. The minimum Gasteiger partial charge on any atom is -0.454 e. The van der Waals surface area contributed by atoms with Crippen molar-refractivity contribution in [1.82, 2.24) is 9.80 Å². The van der Waals surface area contributed by atoms with E-state index >= 15 is 0 Å². The molecule has 0 aliphatic carbocycles. The van der Waals surface area contributed by atoms with Crippen molar-refractivity contribution in [2.24, 2.45) is 4.99 Å². The number of nitrogens with zero attached hydrogens (tertiary/aromatic N) is 4. The van der Waals surface area contributed by atoms with Crippen LogP contribution in [0, 0.1) is 25.2 Å². The summed E-state index contributed by atoms with van der Waals surface area (Å²) in [5, 5.41) is 9.18. The smallest absolute Gasteiger partial charge is 0.253 e. The fraction of sp³-hybridized carbons (Fsp3) is 0.250. The molecule has 0 N–H and O–H groups in total. The van der Waals surface area contributed by atoms with Crippen LogP contribution in [0.4, 0.5) is 5.69 Å². The lowest BCUT2D eigenvalue weighted by Crippen LogP contribution is -2.37. The summed E-state index contributed by atoms with van der Waals surface area (Å²) in [5.41, 5.74) is 5.08. The number of hydrogen-bond acceptors (Lipinski definition) is 5. The number of aliphatic imine (C=N–C) groups is 1. The molecule has 0 spiro atoms. The number of amides is 1. The Kier molecular flexibility index (Phi) is 5.77. The maximum atomic E-state index is 13.1. The molecule has 5 rings (SSSR count). The van der Waals surface area contributed by atoms with Crippen LogP contribution < -0.4 is 4.74 Å². The predicted molar refractivity (Wildman–Crippen MR) is 132 cm³/mol. The van der Waals surface area contributed by atoms with Gasteiger partial charge < -0.3 is 14.5 Å². The number of nitriles is 1. The van der Waals surface area contributed by atoms with Crippen LogP contribution >= 0.6 is 0 Å². The number of carbonyl (C=O) groups is 1. The van der Waals surface area contributed by atoms with Crippen LogP contribution in [-0.4, -0.2) is 47.7 Å². The maximum absolute atomic E-state index is 13.1. The van der Waals surface area contributed by atoms with Gasteiger partial charge in [0.25, 0.3) is 5.91 Å².